The van der Waals surface area contributed by atoms with Crippen LogP contribution in [0.15, 0.2) is 79.4 Å². The summed E-state index contributed by atoms with van der Waals surface area (Å²) >= 11 is 0. The first-order valence-corrected chi connectivity index (χ1v) is 15.6. The van der Waals surface area contributed by atoms with E-state index in [2.05, 4.69) is 11.9 Å². The maximum atomic E-state index is 14.2. The number of aromatic hydroxyl groups is 1. The maximum absolute atomic E-state index is 14.2. The Morgan fingerprint density at radius 2 is 1.60 bits per heavy atom. The van der Waals surface area contributed by atoms with Crippen LogP contribution in [0.2, 0.25) is 0 Å². The van der Waals surface area contributed by atoms with Crippen molar-refractivity contribution in [2.24, 2.45) is 0 Å². The number of nitrogens with zero attached hydrogens (tertiary/aromatic N) is 1. The zero-order valence-electron chi connectivity index (χ0n) is 27.8. The van der Waals surface area contributed by atoms with Crippen molar-refractivity contribution in [1.82, 2.24) is 10.2 Å². The van der Waals surface area contributed by atoms with Crippen LogP contribution in [0.5, 0.6) is 11.5 Å². The smallest absolute Gasteiger partial charge is 0.410 e. The number of benzene rings is 3. The highest BCUT2D eigenvalue weighted by molar-refractivity contribution is 5.90. The van der Waals surface area contributed by atoms with Crippen molar-refractivity contribution >= 4 is 18.0 Å². The van der Waals surface area contributed by atoms with Crippen molar-refractivity contribution in [1.29, 1.82) is 0 Å². The van der Waals surface area contributed by atoms with Crippen LogP contribution in [-0.2, 0) is 30.3 Å². The first-order chi connectivity index (χ1) is 22.3. The van der Waals surface area contributed by atoms with E-state index in [1.54, 1.807) is 19.1 Å². The second kappa shape index (κ2) is 15.2. The predicted molar refractivity (Wildman–Crippen MR) is 178 cm³/mol. The molecule has 10 nitrogen and oxygen atoms in total. The Bertz CT molecular complexity index is 1550. The molecule has 1 aliphatic carbocycles. The number of ether oxygens (including phenoxy) is 4. The van der Waals surface area contributed by atoms with Gasteiger partial charge in [0, 0.05) is 17.5 Å². The molecule has 3 aromatic carbocycles. The summed E-state index contributed by atoms with van der Waals surface area (Å²) in [5.41, 5.74) is 3.87. The third-order valence-electron chi connectivity index (χ3n) is 7.85. The summed E-state index contributed by atoms with van der Waals surface area (Å²) in [4.78, 5) is 42.0. The molecule has 47 heavy (non-hydrogen) atoms. The fourth-order valence-corrected chi connectivity index (χ4v) is 5.80. The van der Waals surface area contributed by atoms with Crippen molar-refractivity contribution in [3.05, 3.63) is 96.1 Å². The lowest BCUT2D eigenvalue weighted by atomic mass is 9.98. The standard InChI is InChI=1S/C37H44N2O8/c1-8-19-45-35(42)23(2)38-34(41)33(24(3)47-37(4,5)6)39(21-25-17-18-26(44-7)20-32(25)40)36(43)46-22-31-29-15-11-9-13-27(29)28-14-10-12-16-30(28)31/h8-18,20,23-24,31,33,40H,1,19,21-22H2,2-7H3,(H,38,41)/t23-,24+,33-/m0/s1. The van der Waals surface area contributed by atoms with Crippen LogP contribution in [-0.4, -0.2) is 72.1 Å². The van der Waals surface area contributed by atoms with Crippen LogP contribution in [0.1, 0.15) is 57.2 Å². The van der Waals surface area contributed by atoms with Gasteiger partial charge in [-0.1, -0.05) is 61.2 Å². The van der Waals surface area contributed by atoms with Crippen molar-refractivity contribution in [2.45, 2.75) is 70.9 Å². The van der Waals surface area contributed by atoms with Crippen LogP contribution in [0.25, 0.3) is 11.1 Å². The molecule has 3 aromatic rings. The Morgan fingerprint density at radius 1 is 0.979 bits per heavy atom. The number of methoxy groups -OCH3 is 1. The van der Waals surface area contributed by atoms with Gasteiger partial charge in [-0.2, -0.15) is 0 Å². The number of phenolic OH excluding ortho intramolecular Hbond substituents is 1. The number of rotatable bonds is 13. The number of nitrogens with one attached hydrogen (secondary N) is 1. The molecule has 0 heterocycles. The lowest BCUT2D eigenvalue weighted by molar-refractivity contribution is -0.149. The highest BCUT2D eigenvalue weighted by atomic mass is 16.6. The molecule has 0 bridgehead atoms. The minimum atomic E-state index is -1.28. The molecule has 2 amide bonds. The summed E-state index contributed by atoms with van der Waals surface area (Å²) in [6.07, 6.45) is -0.241. The molecule has 0 aliphatic heterocycles. The van der Waals surface area contributed by atoms with E-state index < -0.39 is 41.8 Å². The Kier molecular flexibility index (Phi) is 11.3. The minimum Gasteiger partial charge on any atom is -0.507 e. The molecule has 1 aliphatic rings. The summed E-state index contributed by atoms with van der Waals surface area (Å²) < 4.78 is 22.6. The molecule has 0 radical (unpaired) electrons. The topological polar surface area (TPSA) is 124 Å². The second-order valence-electron chi connectivity index (χ2n) is 12.5. The molecular formula is C37H44N2O8. The van der Waals surface area contributed by atoms with Gasteiger partial charge in [0.25, 0.3) is 0 Å². The van der Waals surface area contributed by atoms with E-state index in [1.807, 2.05) is 69.3 Å². The van der Waals surface area contributed by atoms with Gasteiger partial charge in [-0.25, -0.2) is 9.59 Å². The third kappa shape index (κ3) is 8.51. The van der Waals surface area contributed by atoms with Crippen molar-refractivity contribution in [2.75, 3.05) is 20.3 Å². The van der Waals surface area contributed by atoms with E-state index in [9.17, 15) is 19.5 Å². The molecule has 0 saturated heterocycles. The molecule has 3 atom stereocenters. The Morgan fingerprint density at radius 3 is 2.15 bits per heavy atom. The van der Waals surface area contributed by atoms with Gasteiger partial charge in [0.05, 0.1) is 25.4 Å². The number of phenols is 1. The molecule has 0 unspecified atom stereocenters. The van der Waals surface area contributed by atoms with Crippen LogP contribution in [0.4, 0.5) is 4.79 Å². The fourth-order valence-electron chi connectivity index (χ4n) is 5.80. The molecule has 2 N–H and O–H groups in total. The average molecular weight is 645 g/mol. The van der Waals surface area contributed by atoms with Gasteiger partial charge in [0.2, 0.25) is 5.91 Å². The maximum Gasteiger partial charge on any atom is 0.410 e. The Labute approximate surface area is 276 Å². The third-order valence-corrected chi connectivity index (χ3v) is 7.85. The first-order valence-electron chi connectivity index (χ1n) is 15.6. The number of amides is 2. The van der Waals surface area contributed by atoms with Crippen molar-refractivity contribution < 1.29 is 38.4 Å². The minimum absolute atomic E-state index is 0.00504. The van der Waals surface area contributed by atoms with Crippen molar-refractivity contribution in [3.8, 4) is 22.6 Å². The fraction of sp³-hybridized carbons (Fsp3) is 0.378. The molecular weight excluding hydrogens is 600 g/mol. The Balaban J connectivity index is 1.69. The van der Waals surface area contributed by atoms with E-state index >= 15 is 0 Å². The van der Waals surface area contributed by atoms with E-state index in [4.69, 9.17) is 18.9 Å². The predicted octanol–water partition coefficient (Wildman–Crippen LogP) is 5.96. The van der Waals surface area contributed by atoms with E-state index in [0.717, 1.165) is 22.3 Å². The van der Waals surface area contributed by atoms with Gasteiger partial charge < -0.3 is 29.4 Å². The van der Waals surface area contributed by atoms with Gasteiger partial charge in [-0.05, 0) is 69.0 Å². The van der Waals surface area contributed by atoms with E-state index in [-0.39, 0.29) is 31.4 Å². The molecule has 0 aromatic heterocycles. The van der Waals surface area contributed by atoms with Crippen molar-refractivity contribution in [3.63, 3.8) is 0 Å². The summed E-state index contributed by atoms with van der Waals surface area (Å²) in [6, 6.07) is 18.3. The SMILES string of the molecule is C=CCOC(=O)[C@H](C)NC(=O)[C@H]([C@@H](C)OC(C)(C)C)N(Cc1ccc(OC)cc1O)C(=O)OCC1c2ccccc2-c2ccccc21. The first kappa shape index (κ1) is 35.0. The molecule has 250 valence electrons. The lowest BCUT2D eigenvalue weighted by Gasteiger charge is -2.37. The van der Waals surface area contributed by atoms with Crippen LogP contribution < -0.4 is 10.1 Å². The quantitative estimate of drug-likeness (QED) is 0.173. The van der Waals surface area contributed by atoms with E-state index in [1.165, 1.54) is 31.1 Å². The zero-order valence-corrected chi connectivity index (χ0v) is 27.8. The average Bonchev–Trinajstić information content (AvgIpc) is 3.35. The highest BCUT2D eigenvalue weighted by Crippen LogP contribution is 2.44. The molecule has 0 spiro atoms. The van der Waals surface area contributed by atoms with Gasteiger partial charge in [-0.15, -0.1) is 0 Å². The van der Waals surface area contributed by atoms with Crippen LogP contribution in [0.3, 0.4) is 0 Å². The summed E-state index contributed by atoms with van der Waals surface area (Å²) in [6.45, 7) is 12.0. The van der Waals surface area contributed by atoms with Crippen LogP contribution in [0, 0.1) is 0 Å². The monoisotopic (exact) mass is 644 g/mol. The number of carbonyl (C=O) groups excluding carboxylic acids is 3. The highest BCUT2D eigenvalue weighted by Gasteiger charge is 2.40. The molecule has 4 rings (SSSR count). The van der Waals surface area contributed by atoms with Gasteiger partial charge >= 0.3 is 12.1 Å². The molecule has 10 heteroatoms. The number of esters is 1. The van der Waals surface area contributed by atoms with Crippen LogP contribution >= 0.6 is 0 Å². The largest absolute Gasteiger partial charge is 0.507 e. The van der Waals surface area contributed by atoms with Gasteiger partial charge in [0.1, 0.15) is 36.8 Å². The number of fused-ring (bicyclic) bond motifs is 3. The molecule has 0 saturated carbocycles. The number of carbonyl (C=O) groups is 3. The van der Waals surface area contributed by atoms with E-state index in [0.29, 0.717) is 11.3 Å². The summed E-state index contributed by atoms with van der Waals surface area (Å²) in [5, 5.41) is 13.5. The second-order valence-corrected chi connectivity index (χ2v) is 12.5. The normalized spacial score (nSPS) is 14.2. The molecule has 0 fully saturated rings. The van der Waals surface area contributed by atoms with Gasteiger partial charge in [0.15, 0.2) is 0 Å². The summed E-state index contributed by atoms with van der Waals surface area (Å²) in [5.74, 6) is -1.26. The number of hydrogen-bond donors (Lipinski definition) is 2. The number of hydrogen-bond acceptors (Lipinski definition) is 8. The van der Waals surface area contributed by atoms with Gasteiger partial charge in [-0.3, -0.25) is 9.69 Å². The summed E-state index contributed by atoms with van der Waals surface area (Å²) in [7, 11) is 1.48. The Hall–Kier alpha value is -4.83. The lowest BCUT2D eigenvalue weighted by Crippen LogP contribution is -2.58. The zero-order chi connectivity index (χ0) is 34.3.